The van der Waals surface area contributed by atoms with Gasteiger partial charge in [-0.25, -0.2) is 17.4 Å². The number of carbonyl (C=O) groups excluding carboxylic acids is 1. The van der Waals surface area contributed by atoms with Crippen LogP contribution in [0.25, 0.3) is 22.0 Å². The number of alkyl halides is 3. The average Bonchev–Trinajstić information content (AvgIpc) is 3.76. The molecule has 0 unspecified atom stereocenters. The maximum absolute atomic E-state index is 14.1. The van der Waals surface area contributed by atoms with Crippen LogP contribution in [0.2, 0.25) is 0 Å². The summed E-state index contributed by atoms with van der Waals surface area (Å²) >= 11 is 0. The largest absolute Gasteiger partial charge is 0.401 e. The van der Waals surface area contributed by atoms with Gasteiger partial charge in [-0.3, -0.25) is 14.5 Å². The lowest BCUT2D eigenvalue weighted by molar-refractivity contribution is -0.146. The first-order valence-electron chi connectivity index (χ1n) is 16.1. The zero-order chi connectivity index (χ0) is 35.3. The molecule has 14 heteroatoms. The highest BCUT2D eigenvalue weighted by Gasteiger charge is 2.54. The van der Waals surface area contributed by atoms with Gasteiger partial charge in [0.05, 0.1) is 16.8 Å². The molecule has 1 saturated carbocycles. The van der Waals surface area contributed by atoms with Crippen LogP contribution in [0.4, 0.5) is 19.0 Å². The summed E-state index contributed by atoms with van der Waals surface area (Å²) < 4.78 is 67.1. The number of benzene rings is 1. The number of allylic oxidation sites excluding steroid dienone is 1. The molecule has 3 aromatic heterocycles. The molecule has 1 amide bonds. The van der Waals surface area contributed by atoms with E-state index in [1.54, 1.807) is 63.5 Å². The fraction of sp³-hybridized carbons (Fsp3) is 0.400. The smallest absolute Gasteiger partial charge is 0.354 e. The van der Waals surface area contributed by atoms with E-state index in [2.05, 4.69) is 21.9 Å². The highest BCUT2D eigenvalue weighted by Crippen LogP contribution is 2.49. The number of aromatic nitrogens is 3. The summed E-state index contributed by atoms with van der Waals surface area (Å²) in [6, 6.07) is 8.83. The molecule has 2 N–H and O–H groups in total. The van der Waals surface area contributed by atoms with Crippen molar-refractivity contribution in [3.8, 4) is 11.1 Å². The monoisotopic (exact) mass is 696 g/mol. The van der Waals surface area contributed by atoms with Crippen molar-refractivity contribution in [2.75, 3.05) is 37.6 Å². The van der Waals surface area contributed by atoms with Gasteiger partial charge in [0.2, 0.25) is 10.0 Å². The van der Waals surface area contributed by atoms with Crippen LogP contribution >= 0.6 is 0 Å². The second-order valence-electron chi connectivity index (χ2n) is 13.1. The van der Waals surface area contributed by atoms with Crippen molar-refractivity contribution in [3.63, 3.8) is 0 Å². The summed E-state index contributed by atoms with van der Waals surface area (Å²) in [6.45, 7) is 9.41. The molecule has 1 saturated heterocycles. The molecule has 0 spiro atoms. The Labute approximate surface area is 282 Å². The van der Waals surface area contributed by atoms with Crippen LogP contribution in [0.1, 0.15) is 52.0 Å². The summed E-state index contributed by atoms with van der Waals surface area (Å²) in [6.07, 6.45) is 1.86. The first-order chi connectivity index (χ1) is 23.1. The number of fused-ring (bicyclic) bond motifs is 1. The van der Waals surface area contributed by atoms with Gasteiger partial charge in [-0.2, -0.15) is 13.2 Å². The summed E-state index contributed by atoms with van der Waals surface area (Å²) in [5.74, 6) is 0.132. The molecular formula is C35H39F3N6O4S. The number of aryl methyl sites for hydroxylation is 3. The van der Waals surface area contributed by atoms with Crippen molar-refractivity contribution in [3.05, 3.63) is 93.7 Å². The Morgan fingerprint density at radius 3 is 2.37 bits per heavy atom. The highest BCUT2D eigenvalue weighted by atomic mass is 32.2. The number of H-pyrrole nitrogens is 1. The molecule has 2 fully saturated rings. The minimum atomic E-state index is -4.25. The minimum absolute atomic E-state index is 0.0288. The Morgan fingerprint density at radius 2 is 1.78 bits per heavy atom. The van der Waals surface area contributed by atoms with Gasteiger partial charge in [0.15, 0.2) is 0 Å². The number of halogens is 3. The number of piperazine rings is 1. The van der Waals surface area contributed by atoms with Crippen LogP contribution in [-0.2, 0) is 16.6 Å². The summed E-state index contributed by atoms with van der Waals surface area (Å²) in [5, 5.41) is 3.35. The minimum Gasteiger partial charge on any atom is -0.354 e. The predicted octanol–water partition coefficient (Wildman–Crippen LogP) is 5.22. The SMILES string of the molecule is C=CCC1(S(=O)(=O)n2cc(C)c3c(C(=O)NCc4c(C)cc(C)[nH]c4=O)cc(-c4ccc(N5CCN(CC(F)(F)F)CC5)nc4)cc32)CC1. The van der Waals surface area contributed by atoms with Crippen LogP contribution < -0.4 is 15.8 Å². The van der Waals surface area contributed by atoms with Crippen molar-refractivity contribution >= 4 is 32.7 Å². The van der Waals surface area contributed by atoms with Gasteiger partial charge in [-0.1, -0.05) is 6.08 Å². The van der Waals surface area contributed by atoms with Crippen LogP contribution in [0.3, 0.4) is 0 Å². The number of rotatable bonds is 10. The Balaban J connectivity index is 1.37. The number of nitrogens with one attached hydrogen (secondary N) is 2. The van der Waals surface area contributed by atoms with Crippen molar-refractivity contribution in [2.24, 2.45) is 0 Å². The number of nitrogens with zero attached hydrogens (tertiary/aromatic N) is 4. The molecule has 260 valence electrons. The van der Waals surface area contributed by atoms with Gasteiger partial charge in [0.25, 0.3) is 11.5 Å². The van der Waals surface area contributed by atoms with Gasteiger partial charge < -0.3 is 15.2 Å². The van der Waals surface area contributed by atoms with Crippen LogP contribution in [0.15, 0.2) is 60.2 Å². The van der Waals surface area contributed by atoms with E-state index < -0.39 is 33.4 Å². The fourth-order valence-corrected chi connectivity index (χ4v) is 8.81. The summed E-state index contributed by atoms with van der Waals surface area (Å²) in [7, 11) is -3.87. The quantitative estimate of drug-likeness (QED) is 0.218. The maximum Gasteiger partial charge on any atom is 0.401 e. The molecule has 49 heavy (non-hydrogen) atoms. The molecule has 4 heterocycles. The third kappa shape index (κ3) is 6.76. The Morgan fingerprint density at radius 1 is 1.06 bits per heavy atom. The number of anilines is 1. The molecule has 1 aliphatic carbocycles. The third-order valence-corrected chi connectivity index (χ3v) is 12.0. The molecule has 1 aliphatic heterocycles. The second kappa shape index (κ2) is 12.8. The average molecular weight is 697 g/mol. The molecule has 2 aliphatic rings. The summed E-state index contributed by atoms with van der Waals surface area (Å²) in [5.41, 5.74) is 3.94. The molecule has 4 aromatic rings. The molecule has 0 bridgehead atoms. The number of hydrogen-bond acceptors (Lipinski definition) is 7. The van der Waals surface area contributed by atoms with Crippen molar-refractivity contribution in [1.29, 1.82) is 0 Å². The second-order valence-corrected chi connectivity index (χ2v) is 15.3. The molecular weight excluding hydrogens is 657 g/mol. The van der Waals surface area contributed by atoms with Gasteiger partial charge >= 0.3 is 6.18 Å². The van der Waals surface area contributed by atoms with Crippen molar-refractivity contribution in [1.82, 2.24) is 24.2 Å². The van der Waals surface area contributed by atoms with E-state index in [4.69, 9.17) is 0 Å². The number of carbonyl (C=O) groups is 1. The van der Waals surface area contributed by atoms with Crippen LogP contribution in [-0.4, -0.2) is 76.8 Å². The zero-order valence-corrected chi connectivity index (χ0v) is 28.5. The van der Waals surface area contributed by atoms with Crippen molar-refractivity contribution in [2.45, 2.75) is 57.5 Å². The van der Waals surface area contributed by atoms with E-state index >= 15 is 0 Å². The first-order valence-corrected chi connectivity index (χ1v) is 17.6. The topological polar surface area (TPSA) is 120 Å². The number of hydrogen-bond donors (Lipinski definition) is 2. The number of amides is 1. The molecule has 6 rings (SSSR count). The van der Waals surface area contributed by atoms with Gasteiger partial charge in [-0.15, -0.1) is 6.58 Å². The lowest BCUT2D eigenvalue weighted by Crippen LogP contribution is -2.49. The van der Waals surface area contributed by atoms with Gasteiger partial charge in [0, 0.05) is 72.9 Å². The van der Waals surface area contributed by atoms with E-state index in [9.17, 15) is 31.2 Å². The van der Waals surface area contributed by atoms with E-state index in [1.807, 2.05) is 11.0 Å². The van der Waals surface area contributed by atoms with E-state index in [1.165, 1.54) is 8.87 Å². The van der Waals surface area contributed by atoms with Gasteiger partial charge in [0.1, 0.15) is 5.82 Å². The van der Waals surface area contributed by atoms with Crippen molar-refractivity contribution < 1.29 is 26.4 Å². The maximum atomic E-state index is 14.1. The highest BCUT2D eigenvalue weighted by molar-refractivity contribution is 7.91. The Kier molecular flexibility index (Phi) is 8.99. The third-order valence-electron chi connectivity index (χ3n) is 9.53. The number of aromatic amines is 1. The fourth-order valence-electron chi connectivity index (χ4n) is 6.75. The molecule has 0 atom stereocenters. The van der Waals surface area contributed by atoms with E-state index in [-0.39, 0.29) is 30.8 Å². The number of pyridine rings is 2. The molecule has 10 nitrogen and oxygen atoms in total. The van der Waals surface area contributed by atoms with Crippen LogP contribution in [0.5, 0.6) is 0 Å². The van der Waals surface area contributed by atoms with E-state index in [0.717, 1.165) is 5.56 Å². The lowest BCUT2D eigenvalue weighted by Gasteiger charge is -2.35. The van der Waals surface area contributed by atoms with E-state index in [0.29, 0.717) is 77.0 Å². The lowest BCUT2D eigenvalue weighted by atomic mass is 9.99. The summed E-state index contributed by atoms with van der Waals surface area (Å²) in [4.78, 5) is 37.2. The van der Waals surface area contributed by atoms with Crippen LogP contribution in [0, 0.1) is 20.8 Å². The first kappa shape index (κ1) is 34.4. The predicted molar refractivity (Wildman–Crippen MR) is 183 cm³/mol. The zero-order valence-electron chi connectivity index (χ0n) is 27.7. The van der Waals surface area contributed by atoms with Gasteiger partial charge in [-0.05, 0) is 87.1 Å². The standard InChI is InChI=1S/C35H39F3N6O4S/c1-5-8-34(9-10-34)49(47,48)44-20-23(3)31-27(32(45)40-19-28-22(2)15-24(4)41-33(28)46)16-26(17-29(31)44)25-6-7-30(39-18-25)43-13-11-42(12-14-43)21-35(36,37)38/h5-7,15-18,20H,1,8-14,19,21H2,2-4H3,(H,40,45)(H,41,46). The Hall–Kier alpha value is -4.43. The normalized spacial score (nSPS) is 16.6. The Bertz CT molecular complexity index is 2090. The molecule has 0 radical (unpaired) electrons. The molecule has 1 aromatic carbocycles.